The van der Waals surface area contributed by atoms with Gasteiger partial charge in [-0.1, -0.05) is 30.5 Å². The molecule has 2 fully saturated rings. The van der Waals surface area contributed by atoms with Crippen molar-refractivity contribution in [3.63, 3.8) is 0 Å². The summed E-state index contributed by atoms with van der Waals surface area (Å²) in [6.45, 7) is 1.90. The number of anilines is 1. The molecule has 4 heteroatoms. The van der Waals surface area contributed by atoms with Gasteiger partial charge in [0.05, 0.1) is 17.5 Å². The first-order valence-corrected chi connectivity index (χ1v) is 7.11. The van der Waals surface area contributed by atoms with Crippen LogP contribution < -0.4 is 4.90 Å². The van der Waals surface area contributed by atoms with E-state index < -0.39 is 0 Å². The van der Waals surface area contributed by atoms with Crippen LogP contribution in [0.4, 0.5) is 5.69 Å². The van der Waals surface area contributed by atoms with Gasteiger partial charge in [0.25, 0.3) is 0 Å². The number of carbonyl (C=O) groups is 2. The molecule has 1 aliphatic carbocycles. The highest BCUT2D eigenvalue weighted by Crippen LogP contribution is 2.40. The van der Waals surface area contributed by atoms with Crippen molar-refractivity contribution in [3.8, 4) is 0 Å². The molecule has 1 saturated carbocycles. The second kappa shape index (κ2) is 4.64. The Morgan fingerprint density at radius 3 is 2.21 bits per heavy atom. The molecule has 19 heavy (non-hydrogen) atoms. The molecule has 0 radical (unpaired) electrons. The standard InChI is InChI=1S/C15H16ClNO2/c1-9-6-7-10(8-13(9)16)17-14(18)11-4-2-3-5-12(11)15(17)19/h6-8,11-12H,2-5H2,1H3. The highest BCUT2D eigenvalue weighted by atomic mass is 35.5. The van der Waals surface area contributed by atoms with E-state index in [1.165, 1.54) is 4.90 Å². The van der Waals surface area contributed by atoms with Crippen LogP contribution >= 0.6 is 11.6 Å². The smallest absolute Gasteiger partial charge is 0.237 e. The van der Waals surface area contributed by atoms with Gasteiger partial charge in [-0.3, -0.25) is 14.5 Å². The van der Waals surface area contributed by atoms with E-state index in [1.807, 2.05) is 13.0 Å². The number of nitrogens with zero attached hydrogens (tertiary/aromatic N) is 1. The Balaban J connectivity index is 1.98. The molecule has 100 valence electrons. The molecule has 3 rings (SSSR count). The number of halogens is 1. The highest BCUT2D eigenvalue weighted by Gasteiger charge is 2.48. The molecule has 3 nitrogen and oxygen atoms in total. The molecule has 2 unspecified atom stereocenters. The molecule has 2 amide bonds. The minimum Gasteiger partial charge on any atom is -0.274 e. The van der Waals surface area contributed by atoms with Crippen molar-refractivity contribution in [3.05, 3.63) is 28.8 Å². The molecule has 0 aromatic heterocycles. The second-order valence-electron chi connectivity index (χ2n) is 5.44. The van der Waals surface area contributed by atoms with Gasteiger partial charge in [0.2, 0.25) is 11.8 Å². The van der Waals surface area contributed by atoms with E-state index in [0.717, 1.165) is 31.2 Å². The van der Waals surface area contributed by atoms with E-state index in [2.05, 4.69) is 0 Å². The van der Waals surface area contributed by atoms with Crippen LogP contribution in [0.15, 0.2) is 18.2 Å². The fourth-order valence-electron chi connectivity index (χ4n) is 3.14. The van der Waals surface area contributed by atoms with Gasteiger partial charge in [0.15, 0.2) is 0 Å². The van der Waals surface area contributed by atoms with Crippen LogP contribution in [-0.2, 0) is 9.59 Å². The summed E-state index contributed by atoms with van der Waals surface area (Å²) in [5.74, 6) is -0.313. The lowest BCUT2D eigenvalue weighted by atomic mass is 9.81. The summed E-state index contributed by atoms with van der Waals surface area (Å²) in [5.41, 5.74) is 1.56. The maximum atomic E-state index is 12.4. The Kier molecular flexibility index (Phi) is 3.09. The molecule has 2 atom stereocenters. The Labute approximate surface area is 117 Å². The van der Waals surface area contributed by atoms with Gasteiger partial charge in [-0.25, -0.2) is 0 Å². The first kappa shape index (κ1) is 12.7. The lowest BCUT2D eigenvalue weighted by molar-refractivity contribution is -0.122. The average Bonchev–Trinajstić information content (AvgIpc) is 2.66. The molecule has 0 bridgehead atoms. The number of hydrogen-bond acceptors (Lipinski definition) is 2. The van der Waals surface area contributed by atoms with Crippen molar-refractivity contribution in [2.45, 2.75) is 32.6 Å². The normalized spacial score (nSPS) is 26.7. The minimum absolute atomic E-state index is 0.0466. The lowest BCUT2D eigenvalue weighted by Gasteiger charge is -2.19. The quantitative estimate of drug-likeness (QED) is 0.739. The number of imide groups is 1. The molecule has 1 saturated heterocycles. The Morgan fingerprint density at radius 1 is 1.11 bits per heavy atom. The SMILES string of the molecule is Cc1ccc(N2C(=O)C3CCCCC3C2=O)cc1Cl. The molecule has 0 spiro atoms. The lowest BCUT2D eigenvalue weighted by Crippen LogP contribution is -2.30. The molecular formula is C15H16ClNO2. The van der Waals surface area contributed by atoms with Crippen LogP contribution in [0.2, 0.25) is 5.02 Å². The maximum absolute atomic E-state index is 12.4. The highest BCUT2D eigenvalue weighted by molar-refractivity contribution is 6.32. The molecule has 1 aromatic carbocycles. The van der Waals surface area contributed by atoms with E-state index in [-0.39, 0.29) is 23.7 Å². The Hall–Kier alpha value is -1.35. The summed E-state index contributed by atoms with van der Waals surface area (Å²) in [7, 11) is 0. The number of aryl methyl sites for hydroxylation is 1. The van der Waals surface area contributed by atoms with Crippen molar-refractivity contribution in [2.24, 2.45) is 11.8 Å². The van der Waals surface area contributed by atoms with Crippen molar-refractivity contribution in [1.82, 2.24) is 0 Å². The second-order valence-corrected chi connectivity index (χ2v) is 5.85. The number of carbonyl (C=O) groups excluding carboxylic acids is 2. The van der Waals surface area contributed by atoms with Crippen molar-refractivity contribution in [1.29, 1.82) is 0 Å². The van der Waals surface area contributed by atoms with Crippen LogP contribution in [0, 0.1) is 18.8 Å². The van der Waals surface area contributed by atoms with Gasteiger partial charge >= 0.3 is 0 Å². The Bertz CT molecular complexity index is 531. The number of hydrogen-bond donors (Lipinski definition) is 0. The largest absolute Gasteiger partial charge is 0.274 e. The third kappa shape index (κ3) is 1.96. The summed E-state index contributed by atoms with van der Waals surface area (Å²) in [6, 6.07) is 5.36. The van der Waals surface area contributed by atoms with E-state index in [9.17, 15) is 9.59 Å². The van der Waals surface area contributed by atoms with Gasteiger partial charge in [0, 0.05) is 5.02 Å². The van der Waals surface area contributed by atoms with Gasteiger partial charge < -0.3 is 0 Å². The van der Waals surface area contributed by atoms with Gasteiger partial charge in [0.1, 0.15) is 0 Å². The van der Waals surface area contributed by atoms with Crippen LogP contribution in [-0.4, -0.2) is 11.8 Å². The van der Waals surface area contributed by atoms with Crippen molar-refractivity contribution in [2.75, 3.05) is 4.90 Å². The molecule has 1 heterocycles. The summed E-state index contributed by atoms with van der Waals surface area (Å²) in [4.78, 5) is 26.2. The number of rotatable bonds is 1. The Morgan fingerprint density at radius 2 is 1.68 bits per heavy atom. The van der Waals surface area contributed by atoms with Gasteiger partial charge in [-0.2, -0.15) is 0 Å². The third-order valence-electron chi connectivity index (χ3n) is 4.25. The summed E-state index contributed by atoms with van der Waals surface area (Å²) >= 11 is 6.09. The zero-order chi connectivity index (χ0) is 13.6. The molecular weight excluding hydrogens is 262 g/mol. The number of benzene rings is 1. The van der Waals surface area contributed by atoms with E-state index >= 15 is 0 Å². The van der Waals surface area contributed by atoms with E-state index in [4.69, 9.17) is 11.6 Å². The maximum Gasteiger partial charge on any atom is 0.237 e. The number of amides is 2. The molecule has 2 aliphatic rings. The first-order valence-electron chi connectivity index (χ1n) is 6.73. The van der Waals surface area contributed by atoms with Crippen LogP contribution in [0.5, 0.6) is 0 Å². The van der Waals surface area contributed by atoms with E-state index in [0.29, 0.717) is 10.7 Å². The fraction of sp³-hybridized carbons (Fsp3) is 0.467. The third-order valence-corrected chi connectivity index (χ3v) is 4.66. The summed E-state index contributed by atoms with van der Waals surface area (Å²) in [6.07, 6.45) is 3.77. The fourth-order valence-corrected chi connectivity index (χ4v) is 3.31. The van der Waals surface area contributed by atoms with Crippen LogP contribution in [0.3, 0.4) is 0 Å². The van der Waals surface area contributed by atoms with E-state index in [1.54, 1.807) is 12.1 Å². The average molecular weight is 278 g/mol. The predicted octanol–water partition coefficient (Wildman–Crippen LogP) is 3.33. The number of fused-ring (bicyclic) bond motifs is 1. The van der Waals surface area contributed by atoms with Crippen molar-refractivity contribution >= 4 is 29.1 Å². The van der Waals surface area contributed by atoms with Crippen molar-refractivity contribution < 1.29 is 9.59 Å². The zero-order valence-corrected chi connectivity index (χ0v) is 11.6. The summed E-state index contributed by atoms with van der Waals surface area (Å²) in [5, 5.41) is 0.591. The van der Waals surface area contributed by atoms with Crippen LogP contribution in [0.1, 0.15) is 31.2 Å². The summed E-state index contributed by atoms with van der Waals surface area (Å²) < 4.78 is 0. The van der Waals surface area contributed by atoms with Gasteiger partial charge in [-0.05, 0) is 37.5 Å². The van der Waals surface area contributed by atoms with Crippen LogP contribution in [0.25, 0.3) is 0 Å². The first-order chi connectivity index (χ1) is 9.09. The zero-order valence-electron chi connectivity index (χ0n) is 10.9. The molecule has 1 aromatic rings. The van der Waals surface area contributed by atoms with Gasteiger partial charge in [-0.15, -0.1) is 0 Å². The molecule has 1 aliphatic heterocycles. The monoisotopic (exact) mass is 277 g/mol. The predicted molar refractivity (Wildman–Crippen MR) is 74.1 cm³/mol. The minimum atomic E-state index is -0.110. The topological polar surface area (TPSA) is 37.4 Å². The molecule has 0 N–H and O–H groups in total.